The van der Waals surface area contributed by atoms with Gasteiger partial charge < -0.3 is 5.32 Å². The summed E-state index contributed by atoms with van der Waals surface area (Å²) in [7, 11) is 0. The van der Waals surface area contributed by atoms with Crippen molar-refractivity contribution in [2.75, 3.05) is 6.54 Å². The van der Waals surface area contributed by atoms with Crippen LogP contribution in [0.4, 0.5) is 0 Å². The average molecular weight is 263 g/mol. The Morgan fingerprint density at radius 3 is 2.88 bits per heavy atom. The SMILES string of the molecule is c1csc(C(NCCc2ccsc2)C2CC2)c1. The number of thiophene rings is 2. The molecule has 0 bridgehead atoms. The van der Waals surface area contributed by atoms with E-state index in [2.05, 4.69) is 39.7 Å². The maximum Gasteiger partial charge on any atom is 0.0443 e. The van der Waals surface area contributed by atoms with Gasteiger partial charge in [0.05, 0.1) is 0 Å². The second kappa shape index (κ2) is 5.34. The van der Waals surface area contributed by atoms with E-state index in [9.17, 15) is 0 Å². The molecule has 0 spiro atoms. The third-order valence-electron chi connectivity index (χ3n) is 3.30. The summed E-state index contributed by atoms with van der Waals surface area (Å²) < 4.78 is 0. The van der Waals surface area contributed by atoms with Gasteiger partial charge in [0, 0.05) is 10.9 Å². The van der Waals surface area contributed by atoms with Crippen molar-refractivity contribution in [3.8, 4) is 0 Å². The highest BCUT2D eigenvalue weighted by atomic mass is 32.1. The van der Waals surface area contributed by atoms with Gasteiger partial charge in [0.1, 0.15) is 0 Å². The van der Waals surface area contributed by atoms with Gasteiger partial charge in [0.15, 0.2) is 0 Å². The lowest BCUT2D eigenvalue weighted by Gasteiger charge is -2.16. The van der Waals surface area contributed by atoms with Crippen molar-refractivity contribution in [1.29, 1.82) is 0 Å². The molecule has 1 saturated carbocycles. The maximum atomic E-state index is 3.74. The first kappa shape index (κ1) is 11.5. The molecular formula is C14H17NS2. The Balaban J connectivity index is 1.55. The second-order valence-electron chi connectivity index (χ2n) is 4.67. The Kier molecular flexibility index (Phi) is 3.60. The van der Waals surface area contributed by atoms with Crippen molar-refractivity contribution in [1.82, 2.24) is 5.32 Å². The molecule has 0 radical (unpaired) electrons. The van der Waals surface area contributed by atoms with Crippen molar-refractivity contribution < 1.29 is 0 Å². The Morgan fingerprint density at radius 2 is 2.24 bits per heavy atom. The van der Waals surface area contributed by atoms with E-state index in [0.29, 0.717) is 6.04 Å². The van der Waals surface area contributed by atoms with Gasteiger partial charge >= 0.3 is 0 Å². The third-order valence-corrected chi connectivity index (χ3v) is 4.99. The molecule has 1 N–H and O–H groups in total. The Hall–Kier alpha value is -0.640. The molecule has 0 aliphatic heterocycles. The van der Waals surface area contributed by atoms with E-state index >= 15 is 0 Å². The Labute approximate surface area is 111 Å². The van der Waals surface area contributed by atoms with E-state index < -0.39 is 0 Å². The van der Waals surface area contributed by atoms with E-state index in [1.165, 1.54) is 23.3 Å². The van der Waals surface area contributed by atoms with Gasteiger partial charge in [-0.25, -0.2) is 0 Å². The summed E-state index contributed by atoms with van der Waals surface area (Å²) in [6.07, 6.45) is 3.94. The zero-order valence-corrected chi connectivity index (χ0v) is 11.4. The molecule has 3 rings (SSSR count). The highest BCUT2D eigenvalue weighted by Crippen LogP contribution is 2.42. The van der Waals surface area contributed by atoms with Crippen molar-refractivity contribution in [3.05, 3.63) is 44.8 Å². The van der Waals surface area contributed by atoms with Gasteiger partial charge in [-0.2, -0.15) is 11.3 Å². The molecule has 0 saturated heterocycles. The van der Waals surface area contributed by atoms with Gasteiger partial charge in [0.2, 0.25) is 0 Å². The van der Waals surface area contributed by atoms with E-state index in [-0.39, 0.29) is 0 Å². The van der Waals surface area contributed by atoms with Crippen LogP contribution in [0.5, 0.6) is 0 Å². The van der Waals surface area contributed by atoms with Crippen LogP contribution >= 0.6 is 22.7 Å². The van der Waals surface area contributed by atoms with E-state index in [4.69, 9.17) is 0 Å². The summed E-state index contributed by atoms with van der Waals surface area (Å²) in [5.74, 6) is 0.885. The fourth-order valence-corrected chi connectivity index (χ4v) is 3.80. The van der Waals surface area contributed by atoms with Crippen LogP contribution in [-0.2, 0) is 6.42 Å². The van der Waals surface area contributed by atoms with Crippen molar-refractivity contribution in [3.63, 3.8) is 0 Å². The fraction of sp³-hybridized carbons (Fsp3) is 0.429. The topological polar surface area (TPSA) is 12.0 Å². The summed E-state index contributed by atoms with van der Waals surface area (Å²) in [5.41, 5.74) is 1.46. The molecule has 1 aliphatic carbocycles. The summed E-state index contributed by atoms with van der Waals surface area (Å²) in [4.78, 5) is 1.51. The molecule has 3 heteroatoms. The van der Waals surface area contributed by atoms with Crippen LogP contribution in [-0.4, -0.2) is 6.54 Å². The molecule has 2 heterocycles. The van der Waals surface area contributed by atoms with Gasteiger partial charge in [-0.05, 0) is 65.6 Å². The molecule has 1 fully saturated rings. The minimum atomic E-state index is 0.605. The van der Waals surface area contributed by atoms with Crippen LogP contribution in [0.1, 0.15) is 29.3 Å². The van der Waals surface area contributed by atoms with Crippen molar-refractivity contribution in [2.24, 2.45) is 5.92 Å². The molecule has 1 atom stereocenters. The molecule has 1 aliphatic rings. The van der Waals surface area contributed by atoms with Gasteiger partial charge in [-0.15, -0.1) is 11.3 Å². The minimum absolute atomic E-state index is 0.605. The fourth-order valence-electron chi connectivity index (χ4n) is 2.20. The molecular weight excluding hydrogens is 246 g/mol. The highest BCUT2D eigenvalue weighted by Gasteiger charge is 2.32. The minimum Gasteiger partial charge on any atom is -0.309 e. The zero-order valence-electron chi connectivity index (χ0n) is 9.76. The van der Waals surface area contributed by atoms with E-state index in [1.807, 2.05) is 11.3 Å². The van der Waals surface area contributed by atoms with Crippen molar-refractivity contribution >= 4 is 22.7 Å². The van der Waals surface area contributed by atoms with Crippen LogP contribution in [0.2, 0.25) is 0 Å². The van der Waals surface area contributed by atoms with Crippen LogP contribution in [0, 0.1) is 5.92 Å². The molecule has 17 heavy (non-hydrogen) atoms. The summed E-state index contributed by atoms with van der Waals surface area (Å²) in [6, 6.07) is 7.26. The van der Waals surface area contributed by atoms with Crippen molar-refractivity contribution in [2.45, 2.75) is 25.3 Å². The summed E-state index contributed by atoms with van der Waals surface area (Å²) >= 11 is 3.68. The average Bonchev–Trinajstić information content (AvgIpc) is 2.84. The quantitative estimate of drug-likeness (QED) is 0.827. The lowest BCUT2D eigenvalue weighted by molar-refractivity contribution is 0.492. The molecule has 2 aromatic rings. The lowest BCUT2D eigenvalue weighted by Crippen LogP contribution is -2.24. The first-order valence-corrected chi connectivity index (χ1v) is 8.03. The largest absolute Gasteiger partial charge is 0.309 e. The predicted molar refractivity (Wildman–Crippen MR) is 75.8 cm³/mol. The molecule has 2 aromatic heterocycles. The van der Waals surface area contributed by atoms with Gasteiger partial charge in [0.25, 0.3) is 0 Å². The maximum absolute atomic E-state index is 3.74. The molecule has 1 nitrogen and oxygen atoms in total. The third kappa shape index (κ3) is 2.97. The second-order valence-corrected chi connectivity index (χ2v) is 6.43. The molecule has 0 aromatic carbocycles. The number of rotatable bonds is 6. The van der Waals surface area contributed by atoms with Crippen LogP contribution < -0.4 is 5.32 Å². The van der Waals surface area contributed by atoms with Crippen LogP contribution in [0.25, 0.3) is 0 Å². The first-order chi connectivity index (χ1) is 8.43. The molecule has 1 unspecified atom stereocenters. The highest BCUT2D eigenvalue weighted by molar-refractivity contribution is 7.10. The summed E-state index contributed by atoms with van der Waals surface area (Å²) in [5, 5.41) is 10.3. The smallest absolute Gasteiger partial charge is 0.0443 e. The zero-order chi connectivity index (χ0) is 11.5. The van der Waals surface area contributed by atoms with Crippen LogP contribution in [0.3, 0.4) is 0 Å². The Bertz CT molecular complexity index is 429. The first-order valence-electron chi connectivity index (χ1n) is 6.21. The van der Waals surface area contributed by atoms with Gasteiger partial charge in [-0.3, -0.25) is 0 Å². The number of nitrogens with one attached hydrogen (secondary N) is 1. The normalized spacial score (nSPS) is 17.2. The molecule has 0 amide bonds. The summed E-state index contributed by atoms with van der Waals surface area (Å²) in [6.45, 7) is 1.09. The number of hydrogen-bond donors (Lipinski definition) is 1. The monoisotopic (exact) mass is 263 g/mol. The predicted octanol–water partition coefficient (Wildman–Crippen LogP) is 4.09. The standard InChI is InChI=1S/C14H17NS2/c1-2-13(17-8-1)14(12-3-4-12)15-7-5-11-6-9-16-10-11/h1-2,6,8-10,12,14-15H,3-5,7H2. The Morgan fingerprint density at radius 1 is 1.29 bits per heavy atom. The van der Waals surface area contributed by atoms with Gasteiger partial charge in [-0.1, -0.05) is 6.07 Å². The molecule has 90 valence electrons. The van der Waals surface area contributed by atoms with E-state index in [1.54, 1.807) is 11.3 Å². The number of hydrogen-bond acceptors (Lipinski definition) is 3. The van der Waals surface area contributed by atoms with E-state index in [0.717, 1.165) is 18.9 Å². The lowest BCUT2D eigenvalue weighted by atomic mass is 10.1. The van der Waals surface area contributed by atoms with Crippen LogP contribution in [0.15, 0.2) is 34.3 Å².